The standard InChI is InChI=1S/C31H52O4/c1-17-15-18(24(33)26(2,3)4)35-23-22(17)28(7)13-14-31-16-30(31)12-11-21(32)27(5,6)19(30)9-10-20(31)29(28,8)25(23)34/h17-25,32-34H,9-16H2,1-8H3/t17-,18?,19+,20?,21?,22?,23?,24-,25+,28?,29-,30?,31?/m1/s1. The third-order valence-electron chi connectivity index (χ3n) is 14.0. The van der Waals surface area contributed by atoms with Crippen molar-refractivity contribution in [3.05, 3.63) is 0 Å². The van der Waals surface area contributed by atoms with Crippen molar-refractivity contribution in [3.8, 4) is 0 Å². The Morgan fingerprint density at radius 3 is 2.17 bits per heavy atom. The molecule has 4 nitrogen and oxygen atoms in total. The highest BCUT2D eigenvalue weighted by atomic mass is 16.5. The minimum atomic E-state index is -0.522. The zero-order chi connectivity index (χ0) is 25.6. The van der Waals surface area contributed by atoms with E-state index >= 15 is 0 Å². The van der Waals surface area contributed by atoms with E-state index in [0.29, 0.717) is 34.5 Å². The van der Waals surface area contributed by atoms with Crippen LogP contribution >= 0.6 is 0 Å². The minimum absolute atomic E-state index is 0.00933. The summed E-state index contributed by atoms with van der Waals surface area (Å²) in [7, 11) is 0. The van der Waals surface area contributed by atoms with Crippen molar-refractivity contribution in [3.63, 3.8) is 0 Å². The van der Waals surface area contributed by atoms with Gasteiger partial charge in [-0.25, -0.2) is 0 Å². The Bertz CT molecular complexity index is 893. The number of fused-ring (bicyclic) bond motifs is 4. The molecule has 1 heterocycles. The lowest BCUT2D eigenvalue weighted by atomic mass is 9.41. The van der Waals surface area contributed by atoms with Gasteiger partial charge in [-0.2, -0.15) is 0 Å². The van der Waals surface area contributed by atoms with E-state index < -0.39 is 12.2 Å². The summed E-state index contributed by atoms with van der Waals surface area (Å²) in [5.74, 6) is 1.91. The summed E-state index contributed by atoms with van der Waals surface area (Å²) in [6.45, 7) is 18.2. The molecule has 0 aromatic rings. The lowest BCUT2D eigenvalue weighted by Gasteiger charge is -2.63. The fourth-order valence-electron chi connectivity index (χ4n) is 12.1. The maximum Gasteiger partial charge on any atom is 0.0880 e. The summed E-state index contributed by atoms with van der Waals surface area (Å²) in [5.41, 5.74) is 0.361. The lowest BCUT2D eigenvalue weighted by molar-refractivity contribution is -0.189. The van der Waals surface area contributed by atoms with Gasteiger partial charge in [0, 0.05) is 5.41 Å². The molecule has 0 aromatic carbocycles. The zero-order valence-corrected chi connectivity index (χ0v) is 23.6. The van der Waals surface area contributed by atoms with Crippen LogP contribution in [0.5, 0.6) is 0 Å². The van der Waals surface area contributed by atoms with E-state index in [1.165, 1.54) is 38.5 Å². The lowest BCUT2D eigenvalue weighted by Crippen LogP contribution is -2.59. The van der Waals surface area contributed by atoms with Crippen LogP contribution in [0.3, 0.4) is 0 Å². The van der Waals surface area contributed by atoms with Crippen molar-refractivity contribution >= 4 is 0 Å². The van der Waals surface area contributed by atoms with Gasteiger partial charge in [-0.1, -0.05) is 55.4 Å². The van der Waals surface area contributed by atoms with Gasteiger partial charge in [-0.3, -0.25) is 0 Å². The van der Waals surface area contributed by atoms with E-state index in [1.807, 2.05) is 0 Å². The van der Waals surface area contributed by atoms with E-state index in [0.717, 1.165) is 12.8 Å². The zero-order valence-electron chi connectivity index (χ0n) is 23.6. The van der Waals surface area contributed by atoms with E-state index in [2.05, 4.69) is 55.4 Å². The first-order chi connectivity index (χ1) is 16.1. The van der Waals surface area contributed by atoms with Crippen LogP contribution in [0.15, 0.2) is 0 Å². The molecule has 8 unspecified atom stereocenters. The number of aliphatic hydroxyl groups excluding tert-OH is 3. The van der Waals surface area contributed by atoms with E-state index in [1.54, 1.807) is 0 Å². The smallest absolute Gasteiger partial charge is 0.0880 e. The molecule has 1 saturated heterocycles. The largest absolute Gasteiger partial charge is 0.393 e. The Hall–Kier alpha value is -0.160. The molecule has 6 rings (SSSR count). The second-order valence-electron chi connectivity index (χ2n) is 16.4. The van der Waals surface area contributed by atoms with Gasteiger partial charge in [0.1, 0.15) is 0 Å². The molecular formula is C31H52O4. The highest BCUT2D eigenvalue weighted by Gasteiger charge is 2.84. The van der Waals surface area contributed by atoms with Gasteiger partial charge in [0.2, 0.25) is 0 Å². The topological polar surface area (TPSA) is 69.9 Å². The molecule has 1 aliphatic heterocycles. The van der Waals surface area contributed by atoms with Crippen LogP contribution in [-0.4, -0.2) is 45.8 Å². The Balaban J connectivity index is 1.36. The quantitative estimate of drug-likeness (QED) is 0.451. The Morgan fingerprint density at radius 1 is 0.886 bits per heavy atom. The summed E-state index contributed by atoms with van der Waals surface area (Å²) >= 11 is 0. The predicted octanol–water partition coefficient (Wildman–Crippen LogP) is 5.57. The van der Waals surface area contributed by atoms with Crippen LogP contribution in [0.4, 0.5) is 0 Å². The third-order valence-corrected chi connectivity index (χ3v) is 14.0. The average molecular weight is 489 g/mol. The average Bonchev–Trinajstić information content (AvgIpc) is 3.40. The summed E-state index contributed by atoms with van der Waals surface area (Å²) in [5, 5.41) is 34.3. The van der Waals surface area contributed by atoms with Gasteiger partial charge in [0.15, 0.2) is 0 Å². The molecule has 35 heavy (non-hydrogen) atoms. The molecule has 13 atom stereocenters. The van der Waals surface area contributed by atoms with Crippen molar-refractivity contribution in [2.45, 2.75) is 137 Å². The molecule has 5 saturated carbocycles. The number of aliphatic hydroxyl groups is 3. The molecule has 0 radical (unpaired) electrons. The van der Waals surface area contributed by atoms with Gasteiger partial charge in [0.05, 0.1) is 30.5 Å². The molecule has 6 aliphatic rings. The Labute approximate surface area is 213 Å². The number of hydrogen-bond acceptors (Lipinski definition) is 4. The van der Waals surface area contributed by atoms with Gasteiger partial charge >= 0.3 is 0 Å². The van der Waals surface area contributed by atoms with Gasteiger partial charge in [-0.05, 0) is 102 Å². The maximum atomic E-state index is 12.2. The predicted molar refractivity (Wildman–Crippen MR) is 138 cm³/mol. The van der Waals surface area contributed by atoms with Crippen molar-refractivity contribution in [1.82, 2.24) is 0 Å². The Kier molecular flexibility index (Phi) is 5.08. The van der Waals surface area contributed by atoms with E-state index in [-0.39, 0.29) is 40.0 Å². The number of rotatable bonds is 1. The van der Waals surface area contributed by atoms with Crippen molar-refractivity contribution in [2.75, 3.05) is 0 Å². The molecule has 5 aliphatic carbocycles. The summed E-state index contributed by atoms with van der Waals surface area (Å²) in [4.78, 5) is 0. The molecule has 6 fully saturated rings. The van der Waals surface area contributed by atoms with E-state index in [4.69, 9.17) is 4.74 Å². The van der Waals surface area contributed by atoms with Crippen LogP contribution in [0.2, 0.25) is 0 Å². The molecule has 0 aromatic heterocycles. The first-order valence-corrected chi connectivity index (χ1v) is 14.8. The van der Waals surface area contributed by atoms with Crippen molar-refractivity contribution in [2.24, 2.45) is 56.2 Å². The number of hydrogen-bond donors (Lipinski definition) is 3. The van der Waals surface area contributed by atoms with Crippen LogP contribution in [-0.2, 0) is 4.74 Å². The molecule has 3 N–H and O–H groups in total. The van der Waals surface area contributed by atoms with Crippen LogP contribution in [0.1, 0.15) is 107 Å². The second-order valence-corrected chi connectivity index (χ2v) is 16.4. The van der Waals surface area contributed by atoms with E-state index in [9.17, 15) is 15.3 Å². The molecule has 0 amide bonds. The van der Waals surface area contributed by atoms with Gasteiger partial charge in [0.25, 0.3) is 0 Å². The molecule has 0 bridgehead atoms. The number of ether oxygens (including phenoxy) is 1. The first-order valence-electron chi connectivity index (χ1n) is 14.8. The highest BCUT2D eigenvalue weighted by Crippen LogP contribution is 2.89. The van der Waals surface area contributed by atoms with Crippen LogP contribution in [0, 0.1) is 56.2 Å². The van der Waals surface area contributed by atoms with Crippen LogP contribution in [0.25, 0.3) is 0 Å². The third kappa shape index (κ3) is 2.74. The summed E-state index contributed by atoms with van der Waals surface area (Å²) in [6, 6.07) is 0. The van der Waals surface area contributed by atoms with Crippen molar-refractivity contribution in [1.29, 1.82) is 0 Å². The minimum Gasteiger partial charge on any atom is -0.393 e. The molecular weight excluding hydrogens is 436 g/mol. The molecule has 4 heteroatoms. The fourth-order valence-corrected chi connectivity index (χ4v) is 12.1. The second kappa shape index (κ2) is 7.07. The normalized spacial score (nSPS) is 59.4. The SMILES string of the molecule is C[C@@H]1CC([C@@H](O)C(C)(C)C)OC2C1C1(C)CCC34CC35CCC(O)C(C)(C)[C@@H]5CCC4[C@]1(C)[C@H]2O. The maximum absolute atomic E-state index is 12.2. The first kappa shape index (κ1) is 25.1. The van der Waals surface area contributed by atoms with Crippen LogP contribution < -0.4 is 0 Å². The summed E-state index contributed by atoms with van der Waals surface area (Å²) < 4.78 is 6.75. The monoisotopic (exact) mass is 488 g/mol. The van der Waals surface area contributed by atoms with Gasteiger partial charge < -0.3 is 20.1 Å². The summed E-state index contributed by atoms with van der Waals surface area (Å²) in [6.07, 6.45) is 7.55. The van der Waals surface area contributed by atoms with Gasteiger partial charge in [-0.15, -0.1) is 0 Å². The fraction of sp³-hybridized carbons (Fsp3) is 1.00. The Morgan fingerprint density at radius 2 is 1.51 bits per heavy atom. The highest BCUT2D eigenvalue weighted by molar-refractivity contribution is 5.32. The molecule has 2 spiro atoms. The molecule has 200 valence electrons. The van der Waals surface area contributed by atoms with Crippen molar-refractivity contribution < 1.29 is 20.1 Å².